The molecule has 0 spiro atoms. The molecule has 9 nitrogen and oxygen atoms in total. The van der Waals surface area contributed by atoms with Crippen LogP contribution in [0.2, 0.25) is 0 Å². The number of ether oxygens (including phenoxy) is 2. The maximum atomic E-state index is 12.3. The Balaban J connectivity index is 2.17. The van der Waals surface area contributed by atoms with Crippen molar-refractivity contribution in [1.29, 1.82) is 0 Å². The number of carboxylic acids is 1. The van der Waals surface area contributed by atoms with Gasteiger partial charge >= 0.3 is 5.97 Å². The standard InChI is InChI=1S/C14H15N3O6/c1-7-9(14(19)20)4-8(23-7)5-15-11(18)10-12(21-2)16-6-17-13(10)22-3/h4,6H,5H2,1-3H3,(H,15,18)(H,19,20). The molecule has 2 aromatic rings. The highest BCUT2D eigenvalue weighted by Crippen LogP contribution is 2.23. The number of rotatable bonds is 6. The number of carbonyl (C=O) groups excluding carboxylic acids is 1. The maximum absolute atomic E-state index is 12.3. The normalized spacial score (nSPS) is 10.2. The summed E-state index contributed by atoms with van der Waals surface area (Å²) in [6.07, 6.45) is 1.21. The molecule has 2 rings (SSSR count). The maximum Gasteiger partial charge on any atom is 0.339 e. The summed E-state index contributed by atoms with van der Waals surface area (Å²) in [6, 6.07) is 1.36. The first-order valence-electron chi connectivity index (χ1n) is 6.51. The molecule has 0 unspecified atom stereocenters. The van der Waals surface area contributed by atoms with Gasteiger partial charge in [-0.2, -0.15) is 0 Å². The first-order chi connectivity index (χ1) is 11.0. The number of aromatic carboxylic acids is 1. The number of hydrogen-bond acceptors (Lipinski definition) is 7. The number of hydrogen-bond donors (Lipinski definition) is 2. The molecular weight excluding hydrogens is 306 g/mol. The third-order valence-corrected chi connectivity index (χ3v) is 3.01. The molecule has 0 aromatic carbocycles. The smallest absolute Gasteiger partial charge is 0.339 e. The lowest BCUT2D eigenvalue weighted by Crippen LogP contribution is -2.24. The number of nitrogens with zero attached hydrogens (tertiary/aromatic N) is 2. The summed E-state index contributed by atoms with van der Waals surface area (Å²) in [6.45, 7) is 1.53. The molecule has 2 N–H and O–H groups in total. The van der Waals surface area contributed by atoms with Crippen LogP contribution in [0.25, 0.3) is 0 Å². The summed E-state index contributed by atoms with van der Waals surface area (Å²) >= 11 is 0. The molecule has 2 aromatic heterocycles. The Morgan fingerprint density at radius 3 is 2.35 bits per heavy atom. The van der Waals surface area contributed by atoms with Gasteiger partial charge in [0.1, 0.15) is 23.4 Å². The van der Waals surface area contributed by atoms with Gasteiger partial charge in [-0.25, -0.2) is 14.8 Å². The van der Waals surface area contributed by atoms with E-state index in [4.69, 9.17) is 19.0 Å². The Morgan fingerprint density at radius 2 is 1.87 bits per heavy atom. The minimum atomic E-state index is -1.09. The van der Waals surface area contributed by atoms with Gasteiger partial charge in [-0.05, 0) is 13.0 Å². The Kier molecular flexibility index (Phi) is 4.79. The highest BCUT2D eigenvalue weighted by atomic mass is 16.5. The average molecular weight is 321 g/mol. The first kappa shape index (κ1) is 16.3. The molecular formula is C14H15N3O6. The lowest BCUT2D eigenvalue weighted by molar-refractivity contribution is 0.0694. The molecule has 122 valence electrons. The van der Waals surface area contributed by atoms with Gasteiger partial charge in [0, 0.05) is 0 Å². The molecule has 0 aliphatic rings. The molecule has 0 fully saturated rings. The molecule has 0 aliphatic carbocycles. The fourth-order valence-corrected chi connectivity index (χ4v) is 1.96. The number of amides is 1. The summed E-state index contributed by atoms with van der Waals surface area (Å²) < 4.78 is 15.3. The number of aromatic nitrogens is 2. The third-order valence-electron chi connectivity index (χ3n) is 3.01. The number of nitrogens with one attached hydrogen (secondary N) is 1. The van der Waals surface area contributed by atoms with Crippen molar-refractivity contribution >= 4 is 11.9 Å². The second kappa shape index (κ2) is 6.77. The molecule has 23 heavy (non-hydrogen) atoms. The van der Waals surface area contributed by atoms with Crippen LogP contribution in [-0.2, 0) is 6.54 Å². The molecule has 0 saturated heterocycles. The molecule has 9 heteroatoms. The van der Waals surface area contributed by atoms with E-state index in [1.165, 1.54) is 33.5 Å². The topological polar surface area (TPSA) is 124 Å². The van der Waals surface area contributed by atoms with Crippen molar-refractivity contribution in [2.24, 2.45) is 0 Å². The van der Waals surface area contributed by atoms with Crippen LogP contribution in [-0.4, -0.2) is 41.2 Å². The van der Waals surface area contributed by atoms with Gasteiger partial charge in [0.2, 0.25) is 11.8 Å². The Morgan fingerprint density at radius 1 is 1.26 bits per heavy atom. The Labute approximate surface area is 131 Å². The van der Waals surface area contributed by atoms with E-state index in [-0.39, 0.29) is 35.2 Å². The van der Waals surface area contributed by atoms with Gasteiger partial charge in [0.25, 0.3) is 5.91 Å². The number of methoxy groups -OCH3 is 2. The Hall–Kier alpha value is -3.10. The second-order valence-corrected chi connectivity index (χ2v) is 4.44. The van der Waals surface area contributed by atoms with Crippen LogP contribution in [0.1, 0.15) is 32.2 Å². The SMILES string of the molecule is COc1ncnc(OC)c1C(=O)NCc1cc(C(=O)O)c(C)o1. The minimum absolute atomic E-state index is 0.00580. The molecule has 1 amide bonds. The number of furan rings is 1. The highest BCUT2D eigenvalue weighted by Gasteiger charge is 2.21. The van der Waals surface area contributed by atoms with Crippen LogP contribution in [0.4, 0.5) is 0 Å². The molecule has 0 bridgehead atoms. The third kappa shape index (κ3) is 3.39. The average Bonchev–Trinajstić information content (AvgIpc) is 2.92. The van der Waals surface area contributed by atoms with E-state index in [2.05, 4.69) is 15.3 Å². The van der Waals surface area contributed by atoms with E-state index in [9.17, 15) is 9.59 Å². The van der Waals surface area contributed by atoms with Crippen molar-refractivity contribution in [2.45, 2.75) is 13.5 Å². The lowest BCUT2D eigenvalue weighted by atomic mass is 10.2. The van der Waals surface area contributed by atoms with Crippen molar-refractivity contribution in [2.75, 3.05) is 14.2 Å². The van der Waals surface area contributed by atoms with Gasteiger partial charge in [-0.1, -0.05) is 0 Å². The summed E-state index contributed by atoms with van der Waals surface area (Å²) in [5.74, 6) is -0.927. The predicted molar refractivity (Wildman–Crippen MR) is 76.7 cm³/mol. The van der Waals surface area contributed by atoms with E-state index in [1.54, 1.807) is 0 Å². The van der Waals surface area contributed by atoms with E-state index in [1.807, 2.05) is 0 Å². The largest absolute Gasteiger partial charge is 0.480 e. The van der Waals surface area contributed by atoms with E-state index in [0.717, 1.165) is 0 Å². The summed E-state index contributed by atoms with van der Waals surface area (Å²) in [5, 5.41) is 11.6. The number of carbonyl (C=O) groups is 2. The van der Waals surface area contributed by atoms with Crippen molar-refractivity contribution in [1.82, 2.24) is 15.3 Å². The number of aryl methyl sites for hydroxylation is 1. The van der Waals surface area contributed by atoms with Crippen molar-refractivity contribution in [3.8, 4) is 11.8 Å². The lowest BCUT2D eigenvalue weighted by Gasteiger charge is -2.10. The van der Waals surface area contributed by atoms with E-state index < -0.39 is 11.9 Å². The van der Waals surface area contributed by atoms with Crippen molar-refractivity contribution < 1.29 is 28.6 Å². The first-order valence-corrected chi connectivity index (χ1v) is 6.51. The van der Waals surface area contributed by atoms with Crippen LogP contribution in [0.3, 0.4) is 0 Å². The zero-order chi connectivity index (χ0) is 17.0. The molecule has 0 aliphatic heterocycles. The van der Waals surface area contributed by atoms with Gasteiger partial charge in [-0.3, -0.25) is 4.79 Å². The molecule has 0 radical (unpaired) electrons. The summed E-state index contributed by atoms with van der Waals surface area (Å²) in [7, 11) is 2.74. The van der Waals surface area contributed by atoms with Crippen molar-refractivity contribution in [3.63, 3.8) is 0 Å². The minimum Gasteiger partial charge on any atom is -0.480 e. The van der Waals surface area contributed by atoms with Gasteiger partial charge in [0.15, 0.2) is 5.56 Å². The monoisotopic (exact) mass is 321 g/mol. The van der Waals surface area contributed by atoms with Crippen LogP contribution in [0.15, 0.2) is 16.8 Å². The predicted octanol–water partition coefficient (Wildman–Crippen LogP) is 1.02. The van der Waals surface area contributed by atoms with E-state index in [0.29, 0.717) is 5.76 Å². The number of carboxylic acid groups (broad SMARTS) is 1. The van der Waals surface area contributed by atoms with E-state index >= 15 is 0 Å². The molecule has 0 atom stereocenters. The Bertz CT molecular complexity index is 718. The van der Waals surface area contributed by atoms with Crippen LogP contribution >= 0.6 is 0 Å². The highest BCUT2D eigenvalue weighted by molar-refractivity contribution is 5.98. The summed E-state index contributed by atoms with van der Waals surface area (Å²) in [4.78, 5) is 31.0. The molecule has 2 heterocycles. The van der Waals surface area contributed by atoms with Crippen molar-refractivity contribution in [3.05, 3.63) is 35.0 Å². The second-order valence-electron chi connectivity index (χ2n) is 4.44. The van der Waals surface area contributed by atoms with Crippen LogP contribution in [0.5, 0.6) is 11.8 Å². The zero-order valence-corrected chi connectivity index (χ0v) is 12.7. The summed E-state index contributed by atoms with van der Waals surface area (Å²) in [5.41, 5.74) is 0.0895. The fourth-order valence-electron chi connectivity index (χ4n) is 1.96. The van der Waals surface area contributed by atoms with Gasteiger partial charge < -0.3 is 24.3 Å². The molecule has 0 saturated carbocycles. The van der Waals surface area contributed by atoms with Crippen LogP contribution < -0.4 is 14.8 Å². The van der Waals surface area contributed by atoms with Gasteiger partial charge in [0.05, 0.1) is 20.8 Å². The zero-order valence-electron chi connectivity index (χ0n) is 12.7. The van der Waals surface area contributed by atoms with Crippen LogP contribution in [0, 0.1) is 6.92 Å². The fraction of sp³-hybridized carbons (Fsp3) is 0.286. The quantitative estimate of drug-likeness (QED) is 0.808. The van der Waals surface area contributed by atoms with Gasteiger partial charge in [-0.15, -0.1) is 0 Å².